The van der Waals surface area contributed by atoms with Crippen molar-refractivity contribution in [2.75, 3.05) is 19.8 Å². The molecule has 1 aromatic rings. The van der Waals surface area contributed by atoms with E-state index in [1.165, 1.54) is 0 Å². The molecule has 0 atom stereocenters. The molecule has 0 aliphatic carbocycles. The van der Waals surface area contributed by atoms with Crippen molar-refractivity contribution < 1.29 is 28.7 Å². The minimum Gasteiger partial charge on any atom is -0.494 e. The van der Waals surface area contributed by atoms with Gasteiger partial charge in [0.25, 0.3) is 5.91 Å². The van der Waals surface area contributed by atoms with E-state index in [9.17, 15) is 19.2 Å². The SMILES string of the molecule is CCOc1ccc(C(=O)COC(=O)CCCN2C(=O)NC(C)(C)C2=O)cc1. The summed E-state index contributed by atoms with van der Waals surface area (Å²) in [6, 6.07) is 6.11. The molecule has 0 saturated carbocycles. The second-order valence-corrected chi connectivity index (χ2v) is 6.66. The predicted molar refractivity (Wildman–Crippen MR) is 96.5 cm³/mol. The first-order valence-corrected chi connectivity index (χ1v) is 8.80. The number of urea groups is 1. The maximum atomic E-state index is 12.0. The van der Waals surface area contributed by atoms with Gasteiger partial charge in [-0.15, -0.1) is 0 Å². The van der Waals surface area contributed by atoms with Crippen LogP contribution >= 0.6 is 0 Å². The molecule has 2 rings (SSSR count). The van der Waals surface area contributed by atoms with Gasteiger partial charge in [-0.1, -0.05) is 0 Å². The third-order valence-electron chi connectivity index (χ3n) is 4.06. The Hall–Kier alpha value is -2.90. The van der Waals surface area contributed by atoms with Crippen molar-refractivity contribution in [2.24, 2.45) is 0 Å². The number of nitrogens with zero attached hydrogens (tertiary/aromatic N) is 1. The van der Waals surface area contributed by atoms with Gasteiger partial charge in [0.15, 0.2) is 12.4 Å². The van der Waals surface area contributed by atoms with Crippen LogP contribution in [0.5, 0.6) is 5.75 Å². The molecule has 0 aromatic heterocycles. The molecule has 0 spiro atoms. The Balaban J connectivity index is 1.72. The zero-order valence-electron chi connectivity index (χ0n) is 15.7. The number of carbonyl (C=O) groups is 4. The van der Waals surface area contributed by atoms with Gasteiger partial charge >= 0.3 is 12.0 Å². The number of amides is 3. The van der Waals surface area contributed by atoms with Gasteiger partial charge in [0.2, 0.25) is 0 Å². The molecule has 0 bridgehead atoms. The average Bonchev–Trinajstić information content (AvgIpc) is 2.82. The van der Waals surface area contributed by atoms with Crippen LogP contribution in [-0.4, -0.2) is 53.9 Å². The van der Waals surface area contributed by atoms with Crippen molar-refractivity contribution in [1.29, 1.82) is 0 Å². The van der Waals surface area contributed by atoms with Gasteiger partial charge in [0.05, 0.1) is 6.61 Å². The molecule has 1 aromatic carbocycles. The van der Waals surface area contributed by atoms with Gasteiger partial charge in [-0.25, -0.2) is 4.79 Å². The Labute approximate surface area is 157 Å². The van der Waals surface area contributed by atoms with E-state index in [0.29, 0.717) is 17.9 Å². The zero-order valence-corrected chi connectivity index (χ0v) is 15.7. The van der Waals surface area contributed by atoms with E-state index in [1.54, 1.807) is 38.1 Å². The number of Topliss-reactive ketones (excluding diaryl/α,β-unsaturated/α-hetero) is 1. The summed E-state index contributed by atoms with van der Waals surface area (Å²) in [6.07, 6.45) is 0.277. The summed E-state index contributed by atoms with van der Waals surface area (Å²) in [7, 11) is 0. The molecular formula is C19H24N2O6. The number of esters is 1. The summed E-state index contributed by atoms with van der Waals surface area (Å²) in [5.41, 5.74) is -0.505. The molecule has 8 nitrogen and oxygen atoms in total. The molecule has 1 N–H and O–H groups in total. The Morgan fingerprint density at radius 2 is 1.81 bits per heavy atom. The molecule has 0 radical (unpaired) electrons. The fraction of sp³-hybridized carbons (Fsp3) is 0.474. The van der Waals surface area contributed by atoms with Crippen LogP contribution in [0.3, 0.4) is 0 Å². The predicted octanol–water partition coefficient (Wildman–Crippen LogP) is 1.92. The Bertz CT molecular complexity index is 726. The first kappa shape index (κ1) is 20.4. The van der Waals surface area contributed by atoms with Crippen LogP contribution in [0.15, 0.2) is 24.3 Å². The highest BCUT2D eigenvalue weighted by atomic mass is 16.5. The van der Waals surface area contributed by atoms with Crippen LogP contribution in [0.2, 0.25) is 0 Å². The normalized spacial score (nSPS) is 15.4. The number of carbonyl (C=O) groups excluding carboxylic acids is 4. The average molecular weight is 376 g/mol. The summed E-state index contributed by atoms with van der Waals surface area (Å²) in [5, 5.41) is 2.57. The lowest BCUT2D eigenvalue weighted by Gasteiger charge is -2.15. The number of nitrogens with one attached hydrogen (secondary N) is 1. The summed E-state index contributed by atoms with van der Waals surface area (Å²) in [5.74, 6) is -0.538. The molecule has 1 fully saturated rings. The van der Waals surface area contributed by atoms with Crippen LogP contribution in [0.1, 0.15) is 44.0 Å². The third-order valence-corrected chi connectivity index (χ3v) is 4.06. The highest BCUT2D eigenvalue weighted by molar-refractivity contribution is 6.06. The minimum atomic E-state index is -0.929. The highest BCUT2D eigenvalue weighted by Gasteiger charge is 2.43. The van der Waals surface area contributed by atoms with E-state index in [1.807, 2.05) is 6.92 Å². The second-order valence-electron chi connectivity index (χ2n) is 6.66. The first-order valence-electron chi connectivity index (χ1n) is 8.80. The molecule has 1 saturated heterocycles. The Morgan fingerprint density at radius 3 is 2.37 bits per heavy atom. The number of imide groups is 1. The van der Waals surface area contributed by atoms with Crippen molar-refractivity contribution in [3.63, 3.8) is 0 Å². The summed E-state index contributed by atoms with van der Waals surface area (Å²) in [6.45, 7) is 5.40. The highest BCUT2D eigenvalue weighted by Crippen LogP contribution is 2.17. The minimum absolute atomic E-state index is 0.00798. The number of benzene rings is 1. The summed E-state index contributed by atoms with van der Waals surface area (Å²) < 4.78 is 10.3. The monoisotopic (exact) mass is 376 g/mol. The van der Waals surface area contributed by atoms with Crippen LogP contribution in [0.4, 0.5) is 4.79 Å². The smallest absolute Gasteiger partial charge is 0.325 e. The number of hydrogen-bond donors (Lipinski definition) is 1. The van der Waals surface area contributed by atoms with Gasteiger partial charge in [-0.3, -0.25) is 19.3 Å². The van der Waals surface area contributed by atoms with Crippen LogP contribution in [0, 0.1) is 0 Å². The standard InChI is InChI=1S/C19H24N2O6/c1-4-26-14-9-7-13(8-10-14)15(22)12-27-16(23)6-5-11-21-17(24)19(2,3)20-18(21)25/h7-10H,4-6,11-12H2,1-3H3,(H,20,25). The van der Waals surface area contributed by atoms with E-state index in [-0.39, 0.29) is 37.7 Å². The summed E-state index contributed by atoms with van der Waals surface area (Å²) in [4.78, 5) is 48.7. The first-order chi connectivity index (χ1) is 12.7. The lowest BCUT2D eigenvalue weighted by atomic mass is 10.1. The summed E-state index contributed by atoms with van der Waals surface area (Å²) >= 11 is 0. The maximum absolute atomic E-state index is 12.0. The number of hydrogen-bond acceptors (Lipinski definition) is 6. The Kier molecular flexibility index (Phi) is 6.55. The third kappa shape index (κ3) is 5.29. The van der Waals surface area contributed by atoms with Crippen LogP contribution < -0.4 is 10.1 Å². The van der Waals surface area contributed by atoms with Crippen molar-refractivity contribution in [2.45, 2.75) is 39.2 Å². The molecular weight excluding hydrogens is 352 g/mol. The van der Waals surface area contributed by atoms with Gasteiger partial charge in [0, 0.05) is 18.5 Å². The molecule has 1 heterocycles. The number of rotatable bonds is 9. The van der Waals surface area contributed by atoms with Crippen LogP contribution in [0.25, 0.3) is 0 Å². The van der Waals surface area contributed by atoms with Crippen molar-refractivity contribution >= 4 is 23.7 Å². The zero-order chi connectivity index (χ0) is 20.0. The van der Waals surface area contributed by atoms with E-state index in [4.69, 9.17) is 9.47 Å². The topological polar surface area (TPSA) is 102 Å². The largest absolute Gasteiger partial charge is 0.494 e. The number of ketones is 1. The van der Waals surface area contributed by atoms with Gasteiger partial charge < -0.3 is 14.8 Å². The van der Waals surface area contributed by atoms with E-state index in [2.05, 4.69) is 5.32 Å². The fourth-order valence-corrected chi connectivity index (χ4v) is 2.61. The van der Waals surface area contributed by atoms with E-state index >= 15 is 0 Å². The van der Waals surface area contributed by atoms with Crippen molar-refractivity contribution in [1.82, 2.24) is 10.2 Å². The molecule has 8 heteroatoms. The maximum Gasteiger partial charge on any atom is 0.325 e. The van der Waals surface area contributed by atoms with Crippen LogP contribution in [-0.2, 0) is 14.3 Å². The molecule has 146 valence electrons. The second kappa shape index (κ2) is 8.66. The Morgan fingerprint density at radius 1 is 1.15 bits per heavy atom. The molecule has 1 aliphatic heterocycles. The van der Waals surface area contributed by atoms with E-state index in [0.717, 1.165) is 4.90 Å². The lowest BCUT2D eigenvalue weighted by molar-refractivity contribution is -0.143. The molecule has 0 unspecified atom stereocenters. The molecule has 27 heavy (non-hydrogen) atoms. The van der Waals surface area contributed by atoms with E-state index < -0.39 is 17.5 Å². The fourth-order valence-electron chi connectivity index (χ4n) is 2.61. The van der Waals surface area contributed by atoms with Gasteiger partial charge in [-0.05, 0) is 51.5 Å². The molecule has 1 aliphatic rings. The van der Waals surface area contributed by atoms with Crippen molar-refractivity contribution in [3.8, 4) is 5.75 Å². The lowest BCUT2D eigenvalue weighted by Crippen LogP contribution is -2.40. The van der Waals surface area contributed by atoms with Gasteiger partial charge in [0.1, 0.15) is 11.3 Å². The van der Waals surface area contributed by atoms with Crippen molar-refractivity contribution in [3.05, 3.63) is 29.8 Å². The molecule has 3 amide bonds. The quantitative estimate of drug-likeness (QED) is 0.401. The van der Waals surface area contributed by atoms with Gasteiger partial charge in [-0.2, -0.15) is 0 Å². The number of ether oxygens (including phenoxy) is 2.